The van der Waals surface area contributed by atoms with Crippen LogP contribution in [0.3, 0.4) is 0 Å². The predicted molar refractivity (Wildman–Crippen MR) is 109 cm³/mol. The molecule has 146 valence electrons. The molecule has 1 aromatic rings. The lowest BCUT2D eigenvalue weighted by Crippen LogP contribution is -2.46. The third-order valence-corrected chi connectivity index (χ3v) is 5.17. The second kappa shape index (κ2) is 9.44. The number of nitrogens with zero attached hydrogens (tertiary/aromatic N) is 3. The smallest absolute Gasteiger partial charge is 0.308 e. The molecular formula is C21H30N4O2. The molecule has 6 nitrogen and oxygen atoms in total. The number of carbonyl (C=O) groups is 1. The van der Waals surface area contributed by atoms with Gasteiger partial charge in [0.15, 0.2) is 5.96 Å². The Kier molecular flexibility index (Phi) is 6.74. The molecule has 3 rings (SSSR count). The van der Waals surface area contributed by atoms with Gasteiger partial charge in [0.1, 0.15) is 0 Å². The maximum Gasteiger partial charge on any atom is 0.308 e. The summed E-state index contributed by atoms with van der Waals surface area (Å²) in [5.74, 6) is 0.846. The Balaban J connectivity index is 1.62. The molecule has 0 aromatic heterocycles. The minimum atomic E-state index is -0.0928. The van der Waals surface area contributed by atoms with Crippen molar-refractivity contribution < 1.29 is 9.53 Å². The van der Waals surface area contributed by atoms with Gasteiger partial charge in [-0.25, -0.2) is 4.99 Å². The standard InChI is InChI=1S/C21H30N4O2/c1-3-22-21(25-13-9-18(10-14-25)20(26)27-2)23-16-17-7-6-8-19(15-17)24-11-4-5-12-24/h4-8,15,18H,3,9-14,16H2,1-2H3,(H,22,23). The lowest BCUT2D eigenvalue weighted by molar-refractivity contribution is -0.146. The number of benzene rings is 1. The number of likely N-dealkylation sites (tertiary alicyclic amines) is 1. The molecule has 2 heterocycles. The van der Waals surface area contributed by atoms with E-state index in [0.717, 1.165) is 51.5 Å². The summed E-state index contributed by atoms with van der Waals surface area (Å²) in [7, 11) is 1.46. The van der Waals surface area contributed by atoms with Crippen molar-refractivity contribution in [3.8, 4) is 0 Å². The molecule has 2 aliphatic heterocycles. The fraction of sp³-hybridized carbons (Fsp3) is 0.524. The highest BCUT2D eigenvalue weighted by Gasteiger charge is 2.26. The SMILES string of the molecule is CCNC(=NCc1cccc(N2CC=CC2)c1)N1CCC(C(=O)OC)CC1. The minimum Gasteiger partial charge on any atom is -0.469 e. The molecule has 0 bridgehead atoms. The molecule has 0 unspecified atom stereocenters. The van der Waals surface area contributed by atoms with E-state index in [0.29, 0.717) is 6.54 Å². The summed E-state index contributed by atoms with van der Waals surface area (Å²) in [6.45, 7) is 7.16. The van der Waals surface area contributed by atoms with Gasteiger partial charge in [-0.2, -0.15) is 0 Å². The Hall–Kier alpha value is -2.50. The van der Waals surface area contributed by atoms with Crippen LogP contribution in [0.4, 0.5) is 5.69 Å². The second-order valence-electron chi connectivity index (χ2n) is 7.00. The number of aliphatic imine (C=N–C) groups is 1. The quantitative estimate of drug-likeness (QED) is 0.373. The van der Waals surface area contributed by atoms with Crippen LogP contribution in [-0.2, 0) is 16.1 Å². The summed E-state index contributed by atoms with van der Waals surface area (Å²) < 4.78 is 4.88. The van der Waals surface area contributed by atoms with Gasteiger partial charge < -0.3 is 19.9 Å². The number of hydrogen-bond acceptors (Lipinski definition) is 4. The number of carbonyl (C=O) groups excluding carboxylic acids is 1. The number of esters is 1. The molecule has 27 heavy (non-hydrogen) atoms. The van der Waals surface area contributed by atoms with Crippen LogP contribution in [-0.4, -0.2) is 56.7 Å². The monoisotopic (exact) mass is 370 g/mol. The number of methoxy groups -OCH3 is 1. The van der Waals surface area contributed by atoms with Crippen LogP contribution in [0.15, 0.2) is 41.4 Å². The lowest BCUT2D eigenvalue weighted by atomic mass is 9.97. The normalized spacial score (nSPS) is 18.1. The first kappa shape index (κ1) is 19.3. The zero-order chi connectivity index (χ0) is 19.1. The van der Waals surface area contributed by atoms with E-state index in [9.17, 15) is 4.79 Å². The van der Waals surface area contributed by atoms with Crippen LogP contribution >= 0.6 is 0 Å². The molecule has 1 saturated heterocycles. The van der Waals surface area contributed by atoms with Crippen molar-refractivity contribution in [2.24, 2.45) is 10.9 Å². The molecular weight excluding hydrogens is 340 g/mol. The molecule has 0 atom stereocenters. The van der Waals surface area contributed by atoms with Gasteiger partial charge in [0, 0.05) is 38.4 Å². The van der Waals surface area contributed by atoms with Crippen LogP contribution in [0, 0.1) is 5.92 Å². The van der Waals surface area contributed by atoms with Crippen molar-refractivity contribution in [1.29, 1.82) is 0 Å². The van der Waals surface area contributed by atoms with Crippen molar-refractivity contribution in [3.63, 3.8) is 0 Å². The van der Waals surface area contributed by atoms with Gasteiger partial charge in [0.05, 0.1) is 19.6 Å². The summed E-state index contributed by atoms with van der Waals surface area (Å²) in [6, 6.07) is 8.61. The summed E-state index contributed by atoms with van der Waals surface area (Å²) in [6.07, 6.45) is 6.03. The average Bonchev–Trinajstić information content (AvgIpc) is 3.26. The van der Waals surface area contributed by atoms with Crippen molar-refractivity contribution in [2.75, 3.05) is 44.7 Å². The van der Waals surface area contributed by atoms with Gasteiger partial charge in [-0.05, 0) is 37.5 Å². The fourth-order valence-electron chi connectivity index (χ4n) is 3.63. The first-order valence-corrected chi connectivity index (χ1v) is 9.81. The van der Waals surface area contributed by atoms with E-state index in [4.69, 9.17) is 9.73 Å². The first-order valence-electron chi connectivity index (χ1n) is 9.81. The Bertz CT molecular complexity index is 685. The lowest BCUT2D eigenvalue weighted by Gasteiger charge is -2.33. The predicted octanol–water partition coefficient (Wildman–Crippen LogP) is 2.41. The summed E-state index contributed by atoms with van der Waals surface area (Å²) in [4.78, 5) is 21.2. The van der Waals surface area contributed by atoms with Gasteiger partial charge >= 0.3 is 5.97 Å². The van der Waals surface area contributed by atoms with Crippen LogP contribution < -0.4 is 10.2 Å². The maximum atomic E-state index is 11.7. The molecule has 0 saturated carbocycles. The van der Waals surface area contributed by atoms with E-state index in [1.807, 2.05) is 0 Å². The number of guanidine groups is 1. The van der Waals surface area contributed by atoms with Crippen molar-refractivity contribution in [2.45, 2.75) is 26.3 Å². The van der Waals surface area contributed by atoms with Crippen LogP contribution in [0.1, 0.15) is 25.3 Å². The topological polar surface area (TPSA) is 57.2 Å². The first-order chi connectivity index (χ1) is 13.2. The zero-order valence-electron chi connectivity index (χ0n) is 16.4. The number of hydrogen-bond donors (Lipinski definition) is 1. The zero-order valence-corrected chi connectivity index (χ0v) is 16.4. The number of nitrogens with one attached hydrogen (secondary N) is 1. The van der Waals surface area contributed by atoms with Gasteiger partial charge in [0.25, 0.3) is 0 Å². The molecule has 0 amide bonds. The van der Waals surface area contributed by atoms with E-state index in [2.05, 4.69) is 58.5 Å². The highest BCUT2D eigenvalue weighted by molar-refractivity contribution is 5.80. The van der Waals surface area contributed by atoms with Crippen LogP contribution in [0.2, 0.25) is 0 Å². The molecule has 0 radical (unpaired) electrons. The van der Waals surface area contributed by atoms with Crippen molar-refractivity contribution in [1.82, 2.24) is 10.2 Å². The van der Waals surface area contributed by atoms with Gasteiger partial charge in [0.2, 0.25) is 0 Å². The molecule has 1 fully saturated rings. The van der Waals surface area contributed by atoms with Gasteiger partial charge in [-0.15, -0.1) is 0 Å². The number of piperidine rings is 1. The average molecular weight is 370 g/mol. The van der Waals surface area contributed by atoms with Crippen LogP contribution in [0.25, 0.3) is 0 Å². The van der Waals surface area contributed by atoms with E-state index < -0.39 is 0 Å². The summed E-state index contributed by atoms with van der Waals surface area (Å²) in [5, 5.41) is 3.39. The van der Waals surface area contributed by atoms with Crippen LogP contribution in [0.5, 0.6) is 0 Å². The Morgan fingerprint density at radius 2 is 2.00 bits per heavy atom. The number of anilines is 1. The number of ether oxygens (including phenoxy) is 1. The summed E-state index contributed by atoms with van der Waals surface area (Å²) in [5.41, 5.74) is 2.45. The molecule has 0 aliphatic carbocycles. The van der Waals surface area contributed by atoms with E-state index in [1.54, 1.807) is 0 Å². The summed E-state index contributed by atoms with van der Waals surface area (Å²) >= 11 is 0. The fourth-order valence-corrected chi connectivity index (χ4v) is 3.63. The molecule has 2 aliphatic rings. The Morgan fingerprint density at radius 1 is 1.26 bits per heavy atom. The Labute approximate surface area is 161 Å². The van der Waals surface area contributed by atoms with Crippen molar-refractivity contribution >= 4 is 17.6 Å². The highest BCUT2D eigenvalue weighted by Crippen LogP contribution is 2.20. The molecule has 0 spiro atoms. The van der Waals surface area contributed by atoms with Gasteiger partial charge in [-0.1, -0.05) is 24.3 Å². The van der Waals surface area contributed by atoms with Gasteiger partial charge in [-0.3, -0.25) is 4.79 Å². The van der Waals surface area contributed by atoms with E-state index in [1.165, 1.54) is 18.4 Å². The molecule has 1 aromatic carbocycles. The molecule has 1 N–H and O–H groups in total. The molecule has 6 heteroatoms. The van der Waals surface area contributed by atoms with Crippen molar-refractivity contribution in [3.05, 3.63) is 42.0 Å². The third kappa shape index (κ3) is 5.02. The maximum absolute atomic E-state index is 11.7. The van der Waals surface area contributed by atoms with E-state index >= 15 is 0 Å². The number of rotatable bonds is 5. The highest BCUT2D eigenvalue weighted by atomic mass is 16.5. The second-order valence-corrected chi connectivity index (χ2v) is 7.00. The minimum absolute atomic E-state index is 0.0138. The van der Waals surface area contributed by atoms with E-state index in [-0.39, 0.29) is 11.9 Å². The third-order valence-electron chi connectivity index (χ3n) is 5.17. The largest absolute Gasteiger partial charge is 0.469 e. The Morgan fingerprint density at radius 3 is 2.67 bits per heavy atom.